The summed E-state index contributed by atoms with van der Waals surface area (Å²) in [6.07, 6.45) is -0.338. The number of hydrogen-bond acceptors (Lipinski definition) is 3. The zero-order valence-electron chi connectivity index (χ0n) is 15.4. The van der Waals surface area contributed by atoms with Gasteiger partial charge < -0.3 is 15.2 Å². The second-order valence-electron chi connectivity index (χ2n) is 7.61. The van der Waals surface area contributed by atoms with E-state index in [-0.39, 0.29) is 38.3 Å². The summed E-state index contributed by atoms with van der Waals surface area (Å²) in [5, 5.41) is 11.5. The molecule has 0 unspecified atom stereocenters. The topological polar surface area (TPSA) is 75.6 Å². The average Bonchev–Trinajstić information content (AvgIpc) is 3.24. The molecule has 0 bridgehead atoms. The van der Waals surface area contributed by atoms with Gasteiger partial charge in [-0.25, -0.2) is 9.18 Å². The lowest BCUT2D eigenvalue weighted by molar-refractivity contribution is -0.141. The van der Waals surface area contributed by atoms with Gasteiger partial charge in [0, 0.05) is 5.92 Å². The predicted octanol–water partition coefficient (Wildman–Crippen LogP) is 4.12. The molecule has 1 saturated carbocycles. The van der Waals surface area contributed by atoms with Gasteiger partial charge in [-0.05, 0) is 41.5 Å². The van der Waals surface area contributed by atoms with E-state index in [1.54, 1.807) is 0 Å². The molecule has 0 radical (unpaired) electrons. The Labute approximate surface area is 162 Å². The first-order valence-corrected chi connectivity index (χ1v) is 9.47. The monoisotopic (exact) mass is 383 g/mol. The van der Waals surface area contributed by atoms with Crippen molar-refractivity contribution in [2.24, 2.45) is 5.92 Å². The summed E-state index contributed by atoms with van der Waals surface area (Å²) >= 11 is 0. The molecule has 0 aromatic heterocycles. The minimum Gasteiger partial charge on any atom is -0.481 e. The Balaban J connectivity index is 1.36. The number of amides is 1. The van der Waals surface area contributed by atoms with Crippen LogP contribution in [0.4, 0.5) is 9.18 Å². The number of alkyl halides is 1. The summed E-state index contributed by atoms with van der Waals surface area (Å²) in [4.78, 5) is 23.1. The van der Waals surface area contributed by atoms with Crippen LogP contribution in [0.5, 0.6) is 0 Å². The molecule has 2 atom stereocenters. The van der Waals surface area contributed by atoms with Crippen LogP contribution in [-0.4, -0.2) is 36.0 Å². The molecule has 0 aliphatic heterocycles. The van der Waals surface area contributed by atoms with E-state index in [1.807, 2.05) is 36.4 Å². The lowest BCUT2D eigenvalue weighted by atomic mass is 9.98. The number of fused-ring (bicyclic) bond motifs is 3. The maximum Gasteiger partial charge on any atom is 0.407 e. The first kappa shape index (κ1) is 18.5. The first-order valence-electron chi connectivity index (χ1n) is 9.47. The van der Waals surface area contributed by atoms with Crippen LogP contribution in [0, 0.1) is 5.92 Å². The van der Waals surface area contributed by atoms with Crippen molar-refractivity contribution in [1.29, 1.82) is 0 Å². The average molecular weight is 383 g/mol. The summed E-state index contributed by atoms with van der Waals surface area (Å²) in [6.45, 7) is -0.0651. The van der Waals surface area contributed by atoms with E-state index in [0.717, 1.165) is 22.3 Å². The first-order chi connectivity index (χ1) is 13.5. The quantitative estimate of drug-likeness (QED) is 0.814. The van der Waals surface area contributed by atoms with Crippen molar-refractivity contribution in [3.05, 3.63) is 59.7 Å². The Hall–Kier alpha value is -2.89. The fourth-order valence-corrected chi connectivity index (χ4v) is 4.33. The second kappa shape index (κ2) is 7.26. The molecule has 0 saturated heterocycles. The minimum atomic E-state index is -1.69. The molecule has 1 fully saturated rings. The molecule has 2 aliphatic carbocycles. The van der Waals surface area contributed by atoms with Gasteiger partial charge in [-0.1, -0.05) is 48.5 Å². The van der Waals surface area contributed by atoms with E-state index in [0.29, 0.717) is 0 Å². The van der Waals surface area contributed by atoms with Crippen molar-refractivity contribution in [3.63, 3.8) is 0 Å². The number of halogens is 1. The third-order valence-corrected chi connectivity index (χ3v) is 5.80. The van der Waals surface area contributed by atoms with Gasteiger partial charge in [-0.2, -0.15) is 0 Å². The highest BCUT2D eigenvalue weighted by Gasteiger charge is 2.42. The zero-order chi connectivity index (χ0) is 19.7. The van der Waals surface area contributed by atoms with Gasteiger partial charge in [-0.15, -0.1) is 0 Å². The van der Waals surface area contributed by atoms with Crippen LogP contribution in [-0.2, 0) is 9.53 Å². The van der Waals surface area contributed by atoms with E-state index in [9.17, 15) is 14.0 Å². The van der Waals surface area contributed by atoms with Gasteiger partial charge in [0.2, 0.25) is 0 Å². The number of benzene rings is 2. The van der Waals surface area contributed by atoms with Crippen LogP contribution < -0.4 is 5.32 Å². The van der Waals surface area contributed by atoms with Crippen molar-refractivity contribution in [3.8, 4) is 11.1 Å². The van der Waals surface area contributed by atoms with Crippen LogP contribution in [0.25, 0.3) is 11.1 Å². The normalized spacial score (nSPS) is 23.1. The Morgan fingerprint density at radius 3 is 2.29 bits per heavy atom. The van der Waals surface area contributed by atoms with Crippen LogP contribution in [0.2, 0.25) is 0 Å². The molecule has 5 nitrogen and oxygen atoms in total. The molecule has 4 rings (SSSR count). The van der Waals surface area contributed by atoms with Crippen molar-refractivity contribution in [1.82, 2.24) is 5.32 Å². The number of carbonyl (C=O) groups is 2. The zero-order valence-corrected chi connectivity index (χ0v) is 15.4. The van der Waals surface area contributed by atoms with Crippen LogP contribution in [0.15, 0.2) is 48.5 Å². The lowest BCUT2D eigenvalue weighted by Gasteiger charge is -2.20. The molecule has 2 aliphatic rings. The van der Waals surface area contributed by atoms with E-state index in [1.165, 1.54) is 0 Å². The van der Waals surface area contributed by atoms with Gasteiger partial charge in [0.05, 0.1) is 12.5 Å². The second-order valence-corrected chi connectivity index (χ2v) is 7.61. The predicted molar refractivity (Wildman–Crippen MR) is 102 cm³/mol. The number of rotatable bonds is 5. The summed E-state index contributed by atoms with van der Waals surface area (Å²) in [6, 6.07) is 16.1. The number of carbonyl (C=O) groups excluding carboxylic acids is 1. The molecular formula is C22H22FNO4. The van der Waals surface area contributed by atoms with Crippen molar-refractivity contribution in [2.75, 3.05) is 13.2 Å². The smallest absolute Gasteiger partial charge is 0.407 e. The third kappa shape index (κ3) is 3.46. The maximum atomic E-state index is 14.7. The van der Waals surface area contributed by atoms with Gasteiger partial charge >= 0.3 is 12.1 Å². The van der Waals surface area contributed by atoms with Gasteiger partial charge in [-0.3, -0.25) is 4.79 Å². The highest BCUT2D eigenvalue weighted by Crippen LogP contribution is 2.44. The standard InChI is InChI=1S/C22H22FNO4/c23-22(10-9-14(11-22)20(25)26)13-24-21(27)28-12-19-17-7-3-1-5-15(17)16-6-2-4-8-18(16)19/h1-8,14,19H,9-13H2,(H,24,27)(H,25,26)/t14-,22+/m1/s1. The molecule has 0 spiro atoms. The number of nitrogens with one attached hydrogen (secondary N) is 1. The van der Waals surface area contributed by atoms with E-state index in [4.69, 9.17) is 9.84 Å². The fourth-order valence-electron chi connectivity index (χ4n) is 4.33. The van der Waals surface area contributed by atoms with Gasteiger partial charge in [0.25, 0.3) is 0 Å². The highest BCUT2D eigenvalue weighted by atomic mass is 19.1. The van der Waals surface area contributed by atoms with E-state index < -0.39 is 23.6 Å². The summed E-state index contributed by atoms with van der Waals surface area (Å²) < 4.78 is 20.1. The lowest BCUT2D eigenvalue weighted by Crippen LogP contribution is -2.39. The molecule has 146 valence electrons. The van der Waals surface area contributed by atoms with Crippen molar-refractivity contribution < 1.29 is 23.8 Å². The number of hydrogen-bond donors (Lipinski definition) is 2. The van der Waals surface area contributed by atoms with Crippen molar-refractivity contribution >= 4 is 12.1 Å². The summed E-state index contributed by atoms with van der Waals surface area (Å²) in [7, 11) is 0. The Morgan fingerprint density at radius 1 is 1.11 bits per heavy atom. The molecule has 2 N–H and O–H groups in total. The summed E-state index contributed by atoms with van der Waals surface area (Å²) in [5.41, 5.74) is 2.81. The molecule has 2 aromatic rings. The molecule has 28 heavy (non-hydrogen) atoms. The largest absolute Gasteiger partial charge is 0.481 e. The third-order valence-electron chi connectivity index (χ3n) is 5.80. The fraction of sp³-hybridized carbons (Fsp3) is 0.364. The van der Waals surface area contributed by atoms with E-state index >= 15 is 0 Å². The minimum absolute atomic E-state index is 0.0552. The molecule has 2 aromatic carbocycles. The van der Waals surface area contributed by atoms with Crippen molar-refractivity contribution in [2.45, 2.75) is 30.8 Å². The van der Waals surface area contributed by atoms with Crippen LogP contribution >= 0.6 is 0 Å². The van der Waals surface area contributed by atoms with E-state index in [2.05, 4.69) is 17.4 Å². The molecular weight excluding hydrogens is 361 g/mol. The molecule has 6 heteroatoms. The van der Waals surface area contributed by atoms with Crippen LogP contribution in [0.3, 0.4) is 0 Å². The Bertz CT molecular complexity index is 869. The van der Waals surface area contributed by atoms with Gasteiger partial charge in [0.15, 0.2) is 0 Å². The molecule has 0 heterocycles. The number of carboxylic acids is 1. The van der Waals surface area contributed by atoms with Crippen LogP contribution in [0.1, 0.15) is 36.3 Å². The number of carboxylic acid groups (broad SMARTS) is 1. The number of alkyl carbamates (subject to hydrolysis) is 1. The Kier molecular flexibility index (Phi) is 4.79. The number of ether oxygens (including phenoxy) is 1. The Morgan fingerprint density at radius 2 is 1.71 bits per heavy atom. The maximum absolute atomic E-state index is 14.7. The number of aliphatic carboxylic acids is 1. The highest BCUT2D eigenvalue weighted by molar-refractivity contribution is 5.79. The SMILES string of the molecule is O=C(NC[C@]1(F)CC[C@@H](C(=O)O)C1)OCC1c2ccccc2-c2ccccc21. The summed E-state index contributed by atoms with van der Waals surface area (Å²) in [5.74, 6) is -1.73. The molecule has 1 amide bonds. The van der Waals surface area contributed by atoms with Gasteiger partial charge in [0.1, 0.15) is 12.3 Å².